The van der Waals surface area contributed by atoms with Gasteiger partial charge in [0.25, 0.3) is 0 Å². The Labute approximate surface area is 212 Å². The predicted octanol–water partition coefficient (Wildman–Crippen LogP) is 6.92. The fourth-order valence-electron chi connectivity index (χ4n) is 3.93. The number of rotatable bonds is 4. The third-order valence-electron chi connectivity index (χ3n) is 6.19. The van der Waals surface area contributed by atoms with Gasteiger partial charge in [0.1, 0.15) is 0 Å². The van der Waals surface area contributed by atoms with Crippen molar-refractivity contribution in [3.63, 3.8) is 0 Å². The molecule has 2 heterocycles. The van der Waals surface area contributed by atoms with Crippen LogP contribution in [0.1, 0.15) is 65.2 Å². The number of ether oxygens (including phenoxy) is 1. The molecule has 0 amide bonds. The van der Waals surface area contributed by atoms with Gasteiger partial charge in [-0.05, 0) is 55.4 Å². The summed E-state index contributed by atoms with van der Waals surface area (Å²) in [4.78, 5) is 0. The van der Waals surface area contributed by atoms with Gasteiger partial charge in [0.05, 0.1) is 29.0 Å². The molecule has 184 valence electrons. The summed E-state index contributed by atoms with van der Waals surface area (Å²) < 4.78 is 5.60. The van der Waals surface area contributed by atoms with Crippen molar-refractivity contribution >= 4 is 34.8 Å². The lowest BCUT2D eigenvalue weighted by Crippen LogP contribution is -2.19. The lowest BCUT2D eigenvalue weighted by molar-refractivity contribution is 0.172. The molecule has 2 fully saturated rings. The minimum absolute atomic E-state index is 0.317. The molecule has 2 aromatic rings. The van der Waals surface area contributed by atoms with Gasteiger partial charge < -0.3 is 9.84 Å². The molecular weight excluding hydrogens is 483 g/mol. The summed E-state index contributed by atoms with van der Waals surface area (Å²) >= 11 is 16.6. The van der Waals surface area contributed by atoms with Crippen LogP contribution in [0, 0.1) is 23.7 Å². The maximum atomic E-state index is 8.78. The molecule has 2 aromatic heterocycles. The van der Waals surface area contributed by atoms with Crippen LogP contribution >= 0.6 is 34.8 Å². The smallest absolute Gasteiger partial charge is 0.234 e. The average Bonchev–Trinajstić information content (AvgIpc) is 2.80. The van der Waals surface area contributed by atoms with E-state index in [0.717, 1.165) is 18.4 Å². The second-order valence-corrected chi connectivity index (χ2v) is 10.4. The molecule has 0 bridgehead atoms. The molecule has 6 nitrogen and oxygen atoms in total. The summed E-state index contributed by atoms with van der Waals surface area (Å²) in [5.41, 5.74) is 0. The summed E-state index contributed by atoms with van der Waals surface area (Å²) in [6.45, 7) is 5.77. The Hall–Kier alpha value is -1.21. The third-order valence-corrected chi connectivity index (χ3v) is 6.78. The number of aromatic nitrogens is 4. The maximum Gasteiger partial charge on any atom is 0.234 e. The highest BCUT2D eigenvalue weighted by atomic mass is 35.5. The van der Waals surface area contributed by atoms with Gasteiger partial charge in [-0.15, -0.1) is 10.2 Å². The molecule has 2 saturated carbocycles. The number of aliphatic hydroxyl groups excluding tert-OH is 1. The molecule has 0 saturated heterocycles. The van der Waals surface area contributed by atoms with E-state index in [-0.39, 0.29) is 0 Å². The first-order valence-electron chi connectivity index (χ1n) is 11.7. The highest BCUT2D eigenvalue weighted by Gasteiger charge is 2.19. The molecule has 0 spiro atoms. The van der Waals surface area contributed by atoms with E-state index in [4.69, 9.17) is 44.6 Å². The molecule has 4 rings (SSSR count). The van der Waals surface area contributed by atoms with Gasteiger partial charge in [-0.25, -0.2) is 0 Å². The molecule has 0 aliphatic heterocycles. The van der Waals surface area contributed by atoms with Gasteiger partial charge in [-0.1, -0.05) is 74.3 Å². The van der Waals surface area contributed by atoms with Crippen molar-refractivity contribution in [3.8, 4) is 5.88 Å². The fourth-order valence-corrected chi connectivity index (χ4v) is 4.43. The maximum absolute atomic E-state index is 8.78. The zero-order chi connectivity index (χ0) is 24.1. The van der Waals surface area contributed by atoms with Gasteiger partial charge >= 0.3 is 0 Å². The average molecular weight is 518 g/mol. The Morgan fingerprint density at radius 2 is 1.30 bits per heavy atom. The molecule has 33 heavy (non-hydrogen) atoms. The van der Waals surface area contributed by atoms with E-state index >= 15 is 0 Å². The van der Waals surface area contributed by atoms with Gasteiger partial charge in [0, 0.05) is 12.7 Å². The Balaban J connectivity index is 0.000000192. The van der Waals surface area contributed by atoms with Crippen LogP contribution in [0.5, 0.6) is 5.88 Å². The number of nitrogens with zero attached hydrogens (tertiary/aromatic N) is 4. The summed E-state index contributed by atoms with van der Waals surface area (Å²) in [5, 5.41) is 24.7. The Kier molecular flexibility index (Phi) is 13.3. The zero-order valence-electron chi connectivity index (χ0n) is 19.5. The van der Waals surface area contributed by atoms with Crippen molar-refractivity contribution in [2.75, 3.05) is 13.2 Å². The molecule has 2 aliphatic carbocycles. The van der Waals surface area contributed by atoms with E-state index in [1.807, 2.05) is 0 Å². The SMILES string of the molecule is CC1CCC(CO)CC1.CC1CCC(COc2cc(Cl)cnn2)CC1.Clc1cnnc(Cl)c1. The molecule has 0 aromatic carbocycles. The number of hydrogen-bond donors (Lipinski definition) is 1. The largest absolute Gasteiger partial charge is 0.476 e. The van der Waals surface area contributed by atoms with E-state index in [1.54, 1.807) is 6.07 Å². The lowest BCUT2D eigenvalue weighted by atomic mass is 9.83. The number of hydrogen-bond acceptors (Lipinski definition) is 6. The molecule has 1 N–H and O–H groups in total. The minimum Gasteiger partial charge on any atom is -0.476 e. The number of halogens is 3. The lowest BCUT2D eigenvalue weighted by Gasteiger charge is -2.25. The van der Waals surface area contributed by atoms with Crippen LogP contribution in [0.4, 0.5) is 0 Å². The molecule has 0 radical (unpaired) electrons. The van der Waals surface area contributed by atoms with Crippen molar-refractivity contribution in [1.82, 2.24) is 20.4 Å². The summed E-state index contributed by atoms with van der Waals surface area (Å²) in [7, 11) is 0. The van der Waals surface area contributed by atoms with E-state index in [2.05, 4.69) is 34.2 Å². The van der Waals surface area contributed by atoms with Gasteiger partial charge in [0.15, 0.2) is 5.15 Å². The van der Waals surface area contributed by atoms with Crippen LogP contribution in [0.2, 0.25) is 15.2 Å². The van der Waals surface area contributed by atoms with E-state index < -0.39 is 0 Å². The van der Waals surface area contributed by atoms with Crippen LogP contribution < -0.4 is 4.74 Å². The standard InChI is InChI=1S/C12H17ClN2O.C8H16O.C4H2Cl2N2/c1-9-2-4-10(5-3-9)8-16-12-6-11(13)7-14-15-12;1-7-2-4-8(6-9)5-3-7;5-3-1-4(6)8-7-2-3/h6-7,9-10H,2-5,8H2,1H3;7-9H,2-6H2,1H3;1-2H. The van der Waals surface area contributed by atoms with Crippen LogP contribution in [0.3, 0.4) is 0 Å². The highest BCUT2D eigenvalue weighted by molar-refractivity contribution is 6.33. The Morgan fingerprint density at radius 1 is 0.788 bits per heavy atom. The molecule has 0 atom stereocenters. The van der Waals surface area contributed by atoms with Crippen molar-refractivity contribution in [3.05, 3.63) is 39.7 Å². The second-order valence-electron chi connectivity index (χ2n) is 9.15. The van der Waals surface area contributed by atoms with Crippen molar-refractivity contribution in [2.45, 2.75) is 65.2 Å². The van der Waals surface area contributed by atoms with E-state index in [1.165, 1.54) is 69.8 Å². The first kappa shape index (κ1) is 28.0. The van der Waals surface area contributed by atoms with Crippen molar-refractivity contribution in [2.24, 2.45) is 23.7 Å². The molecule has 9 heteroatoms. The van der Waals surface area contributed by atoms with Crippen LogP contribution in [0.15, 0.2) is 24.5 Å². The first-order valence-corrected chi connectivity index (χ1v) is 12.8. The Morgan fingerprint density at radius 3 is 1.76 bits per heavy atom. The highest BCUT2D eigenvalue weighted by Crippen LogP contribution is 2.29. The Bertz CT molecular complexity index is 782. The first-order chi connectivity index (χ1) is 15.9. The zero-order valence-corrected chi connectivity index (χ0v) is 21.7. The van der Waals surface area contributed by atoms with Gasteiger partial charge in [-0.2, -0.15) is 10.2 Å². The fraction of sp³-hybridized carbons (Fsp3) is 0.667. The normalized spacial score (nSPS) is 24.5. The molecule has 2 aliphatic rings. The van der Waals surface area contributed by atoms with Crippen LogP contribution in [0.25, 0.3) is 0 Å². The number of aliphatic hydroxyl groups is 1. The predicted molar refractivity (Wildman–Crippen MR) is 134 cm³/mol. The van der Waals surface area contributed by atoms with Gasteiger partial charge in [-0.3, -0.25) is 0 Å². The summed E-state index contributed by atoms with van der Waals surface area (Å²) in [6, 6.07) is 3.23. The van der Waals surface area contributed by atoms with Crippen LogP contribution in [-0.2, 0) is 0 Å². The topological polar surface area (TPSA) is 81.0 Å². The second kappa shape index (κ2) is 15.6. The summed E-state index contributed by atoms with van der Waals surface area (Å²) in [6.07, 6.45) is 13.2. The van der Waals surface area contributed by atoms with Gasteiger partial charge in [0.2, 0.25) is 5.88 Å². The van der Waals surface area contributed by atoms with Crippen molar-refractivity contribution in [1.29, 1.82) is 0 Å². The minimum atomic E-state index is 0.317. The van der Waals surface area contributed by atoms with E-state index in [0.29, 0.717) is 39.5 Å². The van der Waals surface area contributed by atoms with Crippen LogP contribution in [-0.4, -0.2) is 38.7 Å². The monoisotopic (exact) mass is 516 g/mol. The molecular formula is C24H35Cl3N4O2. The quantitative estimate of drug-likeness (QED) is 0.474. The van der Waals surface area contributed by atoms with Crippen molar-refractivity contribution < 1.29 is 9.84 Å². The van der Waals surface area contributed by atoms with E-state index in [9.17, 15) is 0 Å². The third kappa shape index (κ3) is 12.2. The molecule has 0 unspecified atom stereocenters. The summed E-state index contributed by atoms with van der Waals surface area (Å²) in [5.74, 6) is 3.61.